The van der Waals surface area contributed by atoms with E-state index in [9.17, 15) is 0 Å². The maximum absolute atomic E-state index is 2.41. The van der Waals surface area contributed by atoms with Gasteiger partial charge in [-0.05, 0) is 131 Å². The number of rotatable bonds is 3. The van der Waals surface area contributed by atoms with Crippen molar-refractivity contribution in [3.8, 4) is 44.5 Å². The molecule has 0 heterocycles. The highest BCUT2D eigenvalue weighted by molar-refractivity contribution is 6.14. The van der Waals surface area contributed by atoms with Crippen LogP contribution in [0.3, 0.4) is 0 Å². The van der Waals surface area contributed by atoms with Crippen LogP contribution in [0.2, 0.25) is 0 Å². The lowest BCUT2D eigenvalue weighted by atomic mass is 9.81. The van der Waals surface area contributed by atoms with Crippen LogP contribution in [0.25, 0.3) is 76.8 Å². The topological polar surface area (TPSA) is 0 Å². The van der Waals surface area contributed by atoms with Gasteiger partial charge in [0.2, 0.25) is 0 Å². The molecule has 0 nitrogen and oxygen atoms in total. The molecule has 0 radical (unpaired) electrons. The Bertz CT molecular complexity index is 2470. The molecular formula is C45H32. The van der Waals surface area contributed by atoms with Crippen molar-refractivity contribution in [2.45, 2.75) is 20.3 Å². The van der Waals surface area contributed by atoms with E-state index in [1.165, 1.54) is 99.1 Å². The molecule has 0 heteroatoms. The minimum absolute atomic E-state index is 0.965. The predicted octanol–water partition coefficient (Wildman–Crippen LogP) is 12.3. The van der Waals surface area contributed by atoms with E-state index in [2.05, 4.69) is 159 Å². The van der Waals surface area contributed by atoms with Crippen LogP contribution in [0, 0.1) is 13.8 Å². The summed E-state index contributed by atoms with van der Waals surface area (Å²) in [6, 6.07) is 54.2. The second kappa shape index (κ2) is 10.0. The molecule has 0 bridgehead atoms. The van der Waals surface area contributed by atoms with Gasteiger partial charge in [0, 0.05) is 0 Å². The van der Waals surface area contributed by atoms with Gasteiger partial charge in [0.1, 0.15) is 0 Å². The lowest BCUT2D eigenvalue weighted by Gasteiger charge is -2.22. The standard InChI is InChI=1S/C45H32/c1-28-24-42-36-18-8-6-15-33(36)27-43(42)44(29(28)2)38-19-9-10-20-39(38)45-40(37-21-11-16-30-12-5-7-17-35(30)37)23-22-34-25-31-13-3-4-14-32(31)26-41(34)45/h3-26H,27H2,1-2H3. The van der Waals surface area contributed by atoms with Gasteiger partial charge in [-0.15, -0.1) is 0 Å². The first-order chi connectivity index (χ1) is 22.2. The molecule has 0 amide bonds. The number of benzene rings is 8. The molecule has 0 spiro atoms. The van der Waals surface area contributed by atoms with Crippen molar-refractivity contribution in [3.05, 3.63) is 168 Å². The maximum Gasteiger partial charge on any atom is -0.000718 e. The minimum Gasteiger partial charge on any atom is -0.0619 e. The van der Waals surface area contributed by atoms with Crippen molar-refractivity contribution in [2.75, 3.05) is 0 Å². The Morgan fingerprint density at radius 2 is 1.00 bits per heavy atom. The molecule has 212 valence electrons. The van der Waals surface area contributed by atoms with Crippen LogP contribution in [0.1, 0.15) is 22.3 Å². The zero-order chi connectivity index (χ0) is 30.1. The van der Waals surface area contributed by atoms with Crippen molar-refractivity contribution in [2.24, 2.45) is 0 Å². The van der Waals surface area contributed by atoms with Crippen LogP contribution in [-0.2, 0) is 6.42 Å². The highest BCUT2D eigenvalue weighted by atomic mass is 14.3. The van der Waals surface area contributed by atoms with Crippen molar-refractivity contribution in [1.82, 2.24) is 0 Å². The molecule has 0 atom stereocenters. The number of aryl methyl sites for hydroxylation is 1. The molecule has 9 rings (SSSR count). The average Bonchev–Trinajstić information content (AvgIpc) is 3.45. The van der Waals surface area contributed by atoms with Gasteiger partial charge in [-0.2, -0.15) is 0 Å². The van der Waals surface area contributed by atoms with E-state index in [-0.39, 0.29) is 0 Å². The van der Waals surface area contributed by atoms with Gasteiger partial charge in [0.05, 0.1) is 0 Å². The van der Waals surface area contributed by atoms with E-state index in [1.807, 2.05) is 0 Å². The molecule has 45 heavy (non-hydrogen) atoms. The first-order valence-corrected chi connectivity index (χ1v) is 15.9. The van der Waals surface area contributed by atoms with Gasteiger partial charge in [-0.25, -0.2) is 0 Å². The van der Waals surface area contributed by atoms with E-state index in [1.54, 1.807) is 0 Å². The molecule has 0 aromatic heterocycles. The summed E-state index contributed by atoms with van der Waals surface area (Å²) in [4.78, 5) is 0. The molecule has 1 aliphatic rings. The smallest absolute Gasteiger partial charge is 0.000718 e. The summed E-state index contributed by atoms with van der Waals surface area (Å²) < 4.78 is 0. The van der Waals surface area contributed by atoms with Gasteiger partial charge < -0.3 is 0 Å². The Morgan fingerprint density at radius 1 is 0.378 bits per heavy atom. The SMILES string of the molecule is Cc1cc2c(c(-c3ccccc3-c3c(-c4cccc5ccccc45)ccc4cc5ccccc5cc34)c1C)Cc1ccccc1-2. The molecule has 0 unspecified atom stereocenters. The minimum atomic E-state index is 0.965. The summed E-state index contributed by atoms with van der Waals surface area (Å²) in [6.45, 7) is 4.58. The summed E-state index contributed by atoms with van der Waals surface area (Å²) in [6.07, 6.45) is 0.965. The number of hydrogen-bond donors (Lipinski definition) is 0. The van der Waals surface area contributed by atoms with Crippen LogP contribution in [-0.4, -0.2) is 0 Å². The lowest BCUT2D eigenvalue weighted by Crippen LogP contribution is -1.98. The Hall–Kier alpha value is -5.46. The van der Waals surface area contributed by atoms with Gasteiger partial charge in [-0.3, -0.25) is 0 Å². The third-order valence-electron chi connectivity index (χ3n) is 10.1. The van der Waals surface area contributed by atoms with Crippen LogP contribution in [0.4, 0.5) is 0 Å². The average molecular weight is 573 g/mol. The second-order valence-electron chi connectivity index (χ2n) is 12.5. The summed E-state index contributed by atoms with van der Waals surface area (Å²) in [5.74, 6) is 0. The molecule has 0 saturated carbocycles. The largest absolute Gasteiger partial charge is 0.0619 e. The molecule has 0 N–H and O–H groups in total. The highest BCUT2D eigenvalue weighted by Gasteiger charge is 2.26. The molecule has 0 fully saturated rings. The fourth-order valence-corrected chi connectivity index (χ4v) is 7.79. The molecule has 0 saturated heterocycles. The zero-order valence-corrected chi connectivity index (χ0v) is 25.6. The van der Waals surface area contributed by atoms with Crippen LogP contribution in [0.15, 0.2) is 146 Å². The maximum atomic E-state index is 2.41. The molecule has 8 aromatic rings. The van der Waals surface area contributed by atoms with Gasteiger partial charge in [-0.1, -0.05) is 133 Å². The zero-order valence-electron chi connectivity index (χ0n) is 25.6. The van der Waals surface area contributed by atoms with E-state index in [4.69, 9.17) is 0 Å². The first-order valence-electron chi connectivity index (χ1n) is 15.9. The number of hydrogen-bond acceptors (Lipinski definition) is 0. The van der Waals surface area contributed by atoms with Crippen molar-refractivity contribution < 1.29 is 0 Å². The molecular weight excluding hydrogens is 540 g/mol. The predicted molar refractivity (Wildman–Crippen MR) is 193 cm³/mol. The Balaban J connectivity index is 1.41. The summed E-state index contributed by atoms with van der Waals surface area (Å²) in [5.41, 5.74) is 16.2. The van der Waals surface area contributed by atoms with E-state index in [0.717, 1.165) is 6.42 Å². The summed E-state index contributed by atoms with van der Waals surface area (Å²) in [7, 11) is 0. The quantitative estimate of drug-likeness (QED) is 0.185. The highest BCUT2D eigenvalue weighted by Crippen LogP contribution is 2.49. The lowest BCUT2D eigenvalue weighted by molar-refractivity contribution is 1.23. The second-order valence-corrected chi connectivity index (χ2v) is 12.5. The fourth-order valence-electron chi connectivity index (χ4n) is 7.79. The van der Waals surface area contributed by atoms with Gasteiger partial charge >= 0.3 is 0 Å². The number of fused-ring (bicyclic) bond motifs is 6. The van der Waals surface area contributed by atoms with Crippen LogP contribution in [0.5, 0.6) is 0 Å². The van der Waals surface area contributed by atoms with E-state index >= 15 is 0 Å². The van der Waals surface area contributed by atoms with Crippen LogP contribution < -0.4 is 0 Å². The monoisotopic (exact) mass is 572 g/mol. The van der Waals surface area contributed by atoms with E-state index < -0.39 is 0 Å². The normalized spacial score (nSPS) is 12.1. The van der Waals surface area contributed by atoms with Gasteiger partial charge in [0.25, 0.3) is 0 Å². The third kappa shape index (κ3) is 3.99. The summed E-state index contributed by atoms with van der Waals surface area (Å²) in [5, 5.41) is 7.63. The first kappa shape index (κ1) is 26.0. The Morgan fingerprint density at radius 3 is 1.82 bits per heavy atom. The van der Waals surface area contributed by atoms with E-state index in [0.29, 0.717) is 0 Å². The van der Waals surface area contributed by atoms with Gasteiger partial charge in [0.15, 0.2) is 0 Å². The fraction of sp³-hybridized carbons (Fsp3) is 0.0667. The summed E-state index contributed by atoms with van der Waals surface area (Å²) >= 11 is 0. The molecule has 1 aliphatic carbocycles. The Kier molecular flexibility index (Phi) is 5.80. The molecule has 0 aliphatic heterocycles. The molecule has 8 aromatic carbocycles. The third-order valence-corrected chi connectivity index (χ3v) is 10.1. The van der Waals surface area contributed by atoms with Crippen molar-refractivity contribution in [1.29, 1.82) is 0 Å². The van der Waals surface area contributed by atoms with Crippen molar-refractivity contribution >= 4 is 32.3 Å². The van der Waals surface area contributed by atoms with Crippen molar-refractivity contribution in [3.63, 3.8) is 0 Å². The van der Waals surface area contributed by atoms with Crippen LogP contribution >= 0.6 is 0 Å². The Labute approximate surface area is 264 Å².